The van der Waals surface area contributed by atoms with Gasteiger partial charge in [0, 0.05) is 34.1 Å². The Balaban J connectivity index is -0.0000000627. The number of hydrogen-bond donors (Lipinski definition) is 8. The van der Waals surface area contributed by atoms with E-state index in [2.05, 4.69) is 0 Å². The minimum Gasteiger partial charge on any atom is -0.481 e. The first kappa shape index (κ1) is 37.4. The normalized spacial score (nSPS) is 9.05. The van der Waals surface area contributed by atoms with Gasteiger partial charge in [-0.3, -0.25) is 18.7 Å². The van der Waals surface area contributed by atoms with E-state index in [0.29, 0.717) is 0 Å². The third kappa shape index (κ3) is 27.5. The largest absolute Gasteiger partial charge is 0.481 e. The second-order valence-corrected chi connectivity index (χ2v) is 3.82. The molecule has 16 heteroatoms. The summed E-state index contributed by atoms with van der Waals surface area (Å²) in [7, 11) is -4.67. The van der Waals surface area contributed by atoms with Crippen LogP contribution in [0, 0.1) is 0 Å². The third-order valence-electron chi connectivity index (χ3n) is 1.29. The molecule has 0 aromatic rings. The molecule has 0 aliphatic heterocycles. The van der Waals surface area contributed by atoms with Crippen molar-refractivity contribution in [3.8, 4) is 0 Å². The summed E-state index contributed by atoms with van der Waals surface area (Å²) in [6.45, 7) is 0. The van der Waals surface area contributed by atoms with Crippen LogP contribution in [0.1, 0.15) is 12.8 Å². The van der Waals surface area contributed by atoms with E-state index >= 15 is 0 Å². The first-order valence-corrected chi connectivity index (χ1v) is 5.27. The molecule has 0 aliphatic rings. The molecule has 12 N–H and O–H groups in total. The van der Waals surface area contributed by atoms with Crippen molar-refractivity contribution in [3.63, 3.8) is 0 Å². The van der Waals surface area contributed by atoms with Crippen LogP contribution in [0.25, 0.3) is 0 Å². The maximum absolute atomic E-state index is 10.3. The van der Waals surface area contributed by atoms with Gasteiger partial charge < -0.3 is 32.7 Å². The van der Waals surface area contributed by atoms with E-state index in [0.717, 1.165) is 0 Å². The molecule has 0 saturated heterocycles. The van der Waals surface area contributed by atoms with Gasteiger partial charge in [0.2, 0.25) is 0 Å². The Morgan fingerprint density at radius 3 is 1.09 bits per heavy atom. The summed E-state index contributed by atoms with van der Waals surface area (Å²) in [5, 5.41) is 33.8. The van der Waals surface area contributed by atoms with Crippen molar-refractivity contribution in [2.24, 2.45) is 0 Å². The van der Waals surface area contributed by atoms with Crippen LogP contribution in [0.15, 0.2) is 0 Å². The number of aliphatic hydroxyl groups is 1. The fraction of sp³-hybridized carbons (Fsp3) is 0.500. The van der Waals surface area contributed by atoms with Crippen LogP contribution in [-0.4, -0.2) is 61.5 Å². The molecule has 13 nitrogen and oxygen atoms in total. The molecule has 138 valence electrons. The Hall–Kier alpha value is -0.801. The van der Waals surface area contributed by atoms with Gasteiger partial charge in [-0.05, 0) is 0 Å². The van der Waals surface area contributed by atoms with Crippen LogP contribution in [0.5, 0.6) is 0 Å². The third-order valence-corrected chi connectivity index (χ3v) is 1.29. The number of carboxylic acid groups (broad SMARTS) is 3. The molecule has 0 spiro atoms. The molecular formula is C6H16Fe2N2O11S. The van der Waals surface area contributed by atoms with Gasteiger partial charge in [0.25, 0.3) is 0 Å². The number of aliphatic carboxylic acids is 3. The molecule has 0 aliphatic carbocycles. The van der Waals surface area contributed by atoms with Crippen LogP contribution in [0.3, 0.4) is 0 Å². The van der Waals surface area contributed by atoms with Crippen LogP contribution >= 0.6 is 0 Å². The molecule has 0 saturated carbocycles. The van der Waals surface area contributed by atoms with Crippen molar-refractivity contribution in [2.75, 3.05) is 0 Å². The van der Waals surface area contributed by atoms with Crippen LogP contribution < -0.4 is 12.3 Å². The van der Waals surface area contributed by atoms with E-state index in [1.165, 1.54) is 0 Å². The Morgan fingerprint density at radius 1 is 0.818 bits per heavy atom. The van der Waals surface area contributed by atoms with E-state index in [4.69, 9.17) is 37.9 Å². The first-order chi connectivity index (χ1) is 7.78. The zero-order valence-electron chi connectivity index (χ0n) is 10.7. The van der Waals surface area contributed by atoms with Crippen molar-refractivity contribution in [3.05, 3.63) is 0 Å². The van der Waals surface area contributed by atoms with E-state index < -0.39 is 46.7 Å². The second kappa shape index (κ2) is 15.1. The molecule has 22 heavy (non-hydrogen) atoms. The quantitative estimate of drug-likeness (QED) is 0.179. The molecule has 0 amide bonds. The summed E-state index contributed by atoms with van der Waals surface area (Å²) >= 11 is 0. The summed E-state index contributed by atoms with van der Waals surface area (Å²) in [4.78, 5) is 30.5. The van der Waals surface area contributed by atoms with E-state index in [-0.39, 0.29) is 46.4 Å². The number of rotatable bonds is 5. The number of hydrogen-bond acceptors (Lipinski definition) is 8. The molecule has 0 rings (SSSR count). The van der Waals surface area contributed by atoms with E-state index in [9.17, 15) is 14.4 Å². The molecule has 0 aromatic heterocycles. The van der Waals surface area contributed by atoms with Gasteiger partial charge in [-0.1, -0.05) is 0 Å². The maximum Gasteiger partial charge on any atom is 0.394 e. The first-order valence-electron chi connectivity index (χ1n) is 3.87. The fourth-order valence-electron chi connectivity index (χ4n) is 0.714. The average Bonchev–Trinajstić information content (AvgIpc) is 1.95. The summed E-state index contributed by atoms with van der Waals surface area (Å²) in [6.07, 6.45) is -2.29. The molecule has 0 atom stereocenters. The van der Waals surface area contributed by atoms with Gasteiger partial charge in [0.15, 0.2) is 5.60 Å². The topological polar surface area (TPSA) is 277 Å². The fourth-order valence-corrected chi connectivity index (χ4v) is 0.714. The van der Waals surface area contributed by atoms with Gasteiger partial charge in [-0.15, -0.1) is 0 Å². The van der Waals surface area contributed by atoms with Gasteiger partial charge in [0.1, 0.15) is 0 Å². The second-order valence-electron chi connectivity index (χ2n) is 2.93. The van der Waals surface area contributed by atoms with Gasteiger partial charge in [-0.25, -0.2) is 4.79 Å². The smallest absolute Gasteiger partial charge is 0.394 e. The minimum atomic E-state index is -4.67. The maximum atomic E-state index is 10.3. The van der Waals surface area contributed by atoms with Crippen molar-refractivity contribution >= 4 is 28.3 Å². The van der Waals surface area contributed by atoms with Crippen molar-refractivity contribution in [1.82, 2.24) is 12.3 Å². The zero-order chi connectivity index (χ0) is 15.1. The van der Waals surface area contributed by atoms with Crippen LogP contribution in [0.2, 0.25) is 0 Å². The Bertz CT molecular complexity index is 416. The predicted molar refractivity (Wildman–Crippen MR) is 61.3 cm³/mol. The molecule has 0 bridgehead atoms. The molecule has 0 unspecified atom stereocenters. The summed E-state index contributed by atoms with van der Waals surface area (Å²) in [5.41, 5.74) is -2.74. The Kier molecular flexibility index (Phi) is 25.7. The number of carbonyl (C=O) groups is 3. The van der Waals surface area contributed by atoms with Crippen molar-refractivity contribution in [1.29, 1.82) is 0 Å². The Morgan fingerprint density at radius 2 is 1.00 bits per heavy atom. The molecule has 0 aromatic carbocycles. The summed E-state index contributed by atoms with van der Waals surface area (Å²) in [5.74, 6) is -5.02. The van der Waals surface area contributed by atoms with Crippen LogP contribution in [0.4, 0.5) is 0 Å². The molecular weight excluding hydrogens is 420 g/mol. The van der Waals surface area contributed by atoms with Gasteiger partial charge in [0.05, 0.1) is 12.8 Å². The van der Waals surface area contributed by atoms with E-state index in [1.54, 1.807) is 0 Å². The number of carboxylic acids is 3. The van der Waals surface area contributed by atoms with Crippen molar-refractivity contribution < 1.29 is 86.5 Å². The minimum absolute atomic E-state index is 0. The summed E-state index contributed by atoms with van der Waals surface area (Å²) in [6, 6.07) is 0. The standard InChI is InChI=1S/C6H8O7.2Fe.2H3N.H2O4S/c7-3(8)1-6(13,5(11)12)2-4(9)10;;;;;1-5(2,3)4/h13H,1-2H2,(H,7,8)(H,9,10)(H,11,12);;;2*1H3;(H2,1,2,3,4). The molecule has 0 radical (unpaired) electrons. The summed E-state index contributed by atoms with van der Waals surface area (Å²) < 4.78 is 31.6. The monoisotopic (exact) mass is 436 g/mol. The van der Waals surface area contributed by atoms with E-state index in [1.807, 2.05) is 0 Å². The zero-order valence-corrected chi connectivity index (χ0v) is 13.7. The average molecular weight is 436 g/mol. The molecule has 0 heterocycles. The SMILES string of the molecule is N.N.O=C(O)CC(O)(CC(=O)O)C(=O)O.O=S(=O)(O)O.[Fe].[Fe]. The molecule has 0 fully saturated rings. The van der Waals surface area contributed by atoms with Gasteiger partial charge in [-0.2, -0.15) is 8.42 Å². The Labute approximate surface area is 145 Å². The van der Waals surface area contributed by atoms with Crippen LogP contribution in [-0.2, 0) is 58.9 Å². The van der Waals surface area contributed by atoms with Gasteiger partial charge >= 0.3 is 28.3 Å². The van der Waals surface area contributed by atoms with Crippen molar-refractivity contribution in [2.45, 2.75) is 18.4 Å². The predicted octanol–water partition coefficient (Wildman–Crippen LogP) is -1.58.